The second-order valence-electron chi connectivity index (χ2n) is 5.23. The SMILES string of the molecule is CCOc1ccc(Br)cc1/C=C1/SC(=S)N(c2ccc(F)c(Cl)c2)C1=O. The van der Waals surface area contributed by atoms with Gasteiger partial charge in [-0.15, -0.1) is 0 Å². The van der Waals surface area contributed by atoms with E-state index < -0.39 is 5.82 Å². The van der Waals surface area contributed by atoms with Crippen molar-refractivity contribution >= 4 is 73.5 Å². The molecule has 0 spiro atoms. The number of nitrogens with zero attached hydrogens (tertiary/aromatic N) is 1. The molecule has 0 aliphatic carbocycles. The van der Waals surface area contributed by atoms with Crippen LogP contribution in [0.1, 0.15) is 12.5 Å². The molecular formula is C18H12BrClFNO2S2. The summed E-state index contributed by atoms with van der Waals surface area (Å²) in [6, 6.07) is 9.64. The Morgan fingerprint density at radius 1 is 1.35 bits per heavy atom. The zero-order valence-corrected chi connectivity index (χ0v) is 17.4. The molecule has 0 atom stereocenters. The molecule has 3 rings (SSSR count). The summed E-state index contributed by atoms with van der Waals surface area (Å²) < 4.78 is 20.2. The van der Waals surface area contributed by atoms with E-state index >= 15 is 0 Å². The highest BCUT2D eigenvalue weighted by molar-refractivity contribution is 9.10. The van der Waals surface area contributed by atoms with E-state index in [4.69, 9.17) is 28.6 Å². The number of anilines is 1. The van der Waals surface area contributed by atoms with E-state index in [0.29, 0.717) is 27.3 Å². The molecule has 8 heteroatoms. The first-order valence-corrected chi connectivity index (χ1v) is 9.95. The smallest absolute Gasteiger partial charge is 0.270 e. The van der Waals surface area contributed by atoms with E-state index in [0.717, 1.165) is 10.0 Å². The highest BCUT2D eigenvalue weighted by atomic mass is 79.9. The monoisotopic (exact) mass is 471 g/mol. The minimum absolute atomic E-state index is 0.0637. The van der Waals surface area contributed by atoms with Crippen LogP contribution < -0.4 is 9.64 Å². The maximum Gasteiger partial charge on any atom is 0.270 e. The maximum absolute atomic E-state index is 13.4. The summed E-state index contributed by atoms with van der Waals surface area (Å²) in [5.74, 6) is -0.164. The van der Waals surface area contributed by atoms with Gasteiger partial charge in [0.1, 0.15) is 11.6 Å². The average Bonchev–Trinajstić information content (AvgIpc) is 2.87. The maximum atomic E-state index is 13.4. The van der Waals surface area contributed by atoms with Crippen molar-refractivity contribution < 1.29 is 13.9 Å². The van der Waals surface area contributed by atoms with Gasteiger partial charge in [0.15, 0.2) is 4.32 Å². The highest BCUT2D eigenvalue weighted by Gasteiger charge is 2.33. The minimum atomic E-state index is -0.549. The zero-order valence-electron chi connectivity index (χ0n) is 13.5. The largest absolute Gasteiger partial charge is 0.493 e. The molecule has 1 amide bonds. The lowest BCUT2D eigenvalue weighted by Crippen LogP contribution is -2.27. The number of ether oxygens (including phenoxy) is 1. The van der Waals surface area contributed by atoms with Gasteiger partial charge in [-0.3, -0.25) is 9.69 Å². The second kappa shape index (κ2) is 8.08. The molecule has 1 heterocycles. The fraction of sp³-hybridized carbons (Fsp3) is 0.111. The number of hydrogen-bond donors (Lipinski definition) is 0. The Kier molecular flexibility index (Phi) is 6.02. The van der Waals surface area contributed by atoms with Crippen molar-refractivity contribution in [3.63, 3.8) is 0 Å². The number of halogens is 3. The Bertz CT molecular complexity index is 935. The second-order valence-corrected chi connectivity index (χ2v) is 8.23. The number of amides is 1. The average molecular weight is 473 g/mol. The third-order valence-corrected chi connectivity index (χ3v) is 5.60. The molecule has 3 nitrogen and oxygen atoms in total. The summed E-state index contributed by atoms with van der Waals surface area (Å²) in [5.41, 5.74) is 1.19. The van der Waals surface area contributed by atoms with E-state index in [1.165, 1.54) is 34.9 Å². The van der Waals surface area contributed by atoms with Gasteiger partial charge in [0.05, 0.1) is 22.2 Å². The first-order chi connectivity index (χ1) is 12.4. The van der Waals surface area contributed by atoms with Crippen molar-refractivity contribution in [1.82, 2.24) is 0 Å². The summed E-state index contributed by atoms with van der Waals surface area (Å²) in [4.78, 5) is 14.6. The van der Waals surface area contributed by atoms with Crippen LogP contribution in [0.4, 0.5) is 10.1 Å². The molecule has 0 unspecified atom stereocenters. The molecule has 1 saturated heterocycles. The lowest BCUT2D eigenvalue weighted by Gasteiger charge is -2.14. The van der Waals surface area contributed by atoms with Gasteiger partial charge in [0.25, 0.3) is 5.91 Å². The van der Waals surface area contributed by atoms with Crippen LogP contribution in [0.25, 0.3) is 6.08 Å². The lowest BCUT2D eigenvalue weighted by molar-refractivity contribution is -0.113. The number of hydrogen-bond acceptors (Lipinski definition) is 4. The Balaban J connectivity index is 1.97. The number of carbonyl (C=O) groups is 1. The van der Waals surface area contributed by atoms with Crippen LogP contribution in [0.15, 0.2) is 45.8 Å². The zero-order chi connectivity index (χ0) is 18.8. The van der Waals surface area contributed by atoms with E-state index in [1.807, 2.05) is 25.1 Å². The van der Waals surface area contributed by atoms with Crippen LogP contribution in [0.3, 0.4) is 0 Å². The van der Waals surface area contributed by atoms with Gasteiger partial charge in [-0.1, -0.05) is 51.5 Å². The molecular weight excluding hydrogens is 461 g/mol. The predicted molar refractivity (Wildman–Crippen MR) is 112 cm³/mol. The highest BCUT2D eigenvalue weighted by Crippen LogP contribution is 2.38. The number of rotatable bonds is 4. The van der Waals surface area contributed by atoms with Gasteiger partial charge < -0.3 is 4.74 Å². The fourth-order valence-corrected chi connectivity index (χ4v) is 4.22. The molecule has 0 radical (unpaired) electrons. The molecule has 0 N–H and O–H groups in total. The number of carbonyl (C=O) groups excluding carboxylic acids is 1. The standard InChI is InChI=1S/C18H12BrClFNO2S2/c1-2-24-15-6-3-11(19)7-10(15)8-16-17(23)22(18(25)26-16)12-4-5-14(21)13(20)9-12/h3-9H,2H2,1H3/b16-8+. The first-order valence-electron chi connectivity index (χ1n) is 7.56. The molecule has 0 bridgehead atoms. The number of thiocarbonyl (C=S) groups is 1. The van der Waals surface area contributed by atoms with E-state index in [-0.39, 0.29) is 10.9 Å². The fourth-order valence-electron chi connectivity index (χ4n) is 2.37. The van der Waals surface area contributed by atoms with Crippen LogP contribution >= 0.6 is 51.5 Å². The van der Waals surface area contributed by atoms with E-state index in [1.54, 1.807) is 6.08 Å². The van der Waals surface area contributed by atoms with Gasteiger partial charge in [-0.05, 0) is 49.4 Å². The topological polar surface area (TPSA) is 29.5 Å². The van der Waals surface area contributed by atoms with Crippen LogP contribution in [-0.4, -0.2) is 16.8 Å². The van der Waals surface area contributed by atoms with E-state index in [9.17, 15) is 9.18 Å². The van der Waals surface area contributed by atoms with Gasteiger partial charge in [-0.2, -0.15) is 0 Å². The van der Waals surface area contributed by atoms with Crippen molar-refractivity contribution in [2.24, 2.45) is 0 Å². The van der Waals surface area contributed by atoms with Crippen molar-refractivity contribution in [1.29, 1.82) is 0 Å². The van der Waals surface area contributed by atoms with Crippen LogP contribution in [-0.2, 0) is 4.79 Å². The summed E-state index contributed by atoms with van der Waals surface area (Å²) >= 11 is 15.8. The summed E-state index contributed by atoms with van der Waals surface area (Å²) in [6.45, 7) is 2.40. The molecule has 0 saturated carbocycles. The van der Waals surface area contributed by atoms with Crippen LogP contribution in [0.5, 0.6) is 5.75 Å². The molecule has 1 fully saturated rings. The quantitative estimate of drug-likeness (QED) is 0.400. The van der Waals surface area contributed by atoms with E-state index in [2.05, 4.69) is 15.9 Å². The normalized spacial score (nSPS) is 15.8. The molecule has 2 aromatic rings. The summed E-state index contributed by atoms with van der Waals surface area (Å²) in [5, 5.41) is -0.0637. The summed E-state index contributed by atoms with van der Waals surface area (Å²) in [7, 11) is 0. The molecule has 26 heavy (non-hydrogen) atoms. The van der Waals surface area contributed by atoms with Crippen molar-refractivity contribution in [3.8, 4) is 5.75 Å². The summed E-state index contributed by atoms with van der Waals surface area (Å²) in [6.07, 6.45) is 1.74. The molecule has 134 valence electrons. The molecule has 1 aliphatic heterocycles. The van der Waals surface area contributed by atoms with Crippen molar-refractivity contribution in [2.45, 2.75) is 6.92 Å². The number of thioether (sulfide) groups is 1. The molecule has 1 aliphatic rings. The van der Waals surface area contributed by atoms with Crippen molar-refractivity contribution in [2.75, 3.05) is 11.5 Å². The Labute approximate surface area is 173 Å². The molecule has 0 aromatic heterocycles. The van der Waals surface area contributed by atoms with Gasteiger partial charge in [-0.25, -0.2) is 4.39 Å². The van der Waals surface area contributed by atoms with Crippen LogP contribution in [0.2, 0.25) is 5.02 Å². The van der Waals surface area contributed by atoms with Crippen LogP contribution in [0, 0.1) is 5.82 Å². The predicted octanol–water partition coefficient (Wildman–Crippen LogP) is 6.05. The molecule has 2 aromatic carbocycles. The van der Waals surface area contributed by atoms with Gasteiger partial charge in [0.2, 0.25) is 0 Å². The number of benzene rings is 2. The first kappa shape index (κ1) is 19.4. The Morgan fingerprint density at radius 2 is 2.12 bits per heavy atom. The third kappa shape index (κ3) is 3.96. The minimum Gasteiger partial charge on any atom is -0.493 e. The Hall–Kier alpha value is -1.41. The van der Waals surface area contributed by atoms with Gasteiger partial charge >= 0.3 is 0 Å². The van der Waals surface area contributed by atoms with Gasteiger partial charge in [0, 0.05) is 10.0 Å². The third-order valence-electron chi connectivity index (χ3n) is 3.51. The lowest BCUT2D eigenvalue weighted by atomic mass is 10.2. The Morgan fingerprint density at radius 3 is 2.81 bits per heavy atom. The van der Waals surface area contributed by atoms with Crippen molar-refractivity contribution in [3.05, 3.63) is 62.2 Å².